The maximum Gasteiger partial charge on any atom is 0.0713 e. The third kappa shape index (κ3) is 4.30. The van der Waals surface area contributed by atoms with E-state index in [0.717, 1.165) is 13.1 Å². The third-order valence-corrected chi connectivity index (χ3v) is 4.12. The first-order valence-corrected chi connectivity index (χ1v) is 7.22. The van der Waals surface area contributed by atoms with E-state index in [0.29, 0.717) is 25.0 Å². The smallest absolute Gasteiger partial charge is 0.0713 e. The van der Waals surface area contributed by atoms with Crippen molar-refractivity contribution in [2.24, 2.45) is 11.8 Å². The molecule has 2 N–H and O–H groups in total. The van der Waals surface area contributed by atoms with Crippen LogP contribution in [0.3, 0.4) is 0 Å². The van der Waals surface area contributed by atoms with E-state index in [9.17, 15) is 5.11 Å². The van der Waals surface area contributed by atoms with Crippen molar-refractivity contribution < 1.29 is 9.84 Å². The van der Waals surface area contributed by atoms with Gasteiger partial charge in [-0.25, -0.2) is 0 Å². The van der Waals surface area contributed by atoms with Crippen LogP contribution in [0.25, 0.3) is 0 Å². The van der Waals surface area contributed by atoms with Gasteiger partial charge in [-0.15, -0.1) is 0 Å². The molecule has 1 aliphatic rings. The second kappa shape index (κ2) is 7.63. The fourth-order valence-corrected chi connectivity index (χ4v) is 2.94. The number of methoxy groups -OCH3 is 1. The zero-order chi connectivity index (χ0) is 13.5. The summed E-state index contributed by atoms with van der Waals surface area (Å²) in [4.78, 5) is 0. The van der Waals surface area contributed by atoms with Crippen molar-refractivity contribution in [3.63, 3.8) is 0 Å². The van der Waals surface area contributed by atoms with E-state index in [1.54, 1.807) is 7.11 Å². The highest BCUT2D eigenvalue weighted by Crippen LogP contribution is 2.30. The summed E-state index contributed by atoms with van der Waals surface area (Å²) in [5, 5.41) is 12.8. The minimum atomic E-state index is 0.345. The summed E-state index contributed by atoms with van der Waals surface area (Å²) in [5.74, 6) is 1.16. The van der Waals surface area contributed by atoms with Crippen molar-refractivity contribution >= 4 is 0 Å². The fraction of sp³-hybridized carbons (Fsp3) is 0.625. The molecule has 0 aromatic heterocycles. The largest absolute Gasteiger partial charge is 0.396 e. The molecule has 3 heteroatoms. The van der Waals surface area contributed by atoms with E-state index < -0.39 is 0 Å². The zero-order valence-electron chi connectivity index (χ0n) is 11.8. The molecule has 1 fully saturated rings. The Morgan fingerprint density at radius 2 is 1.84 bits per heavy atom. The van der Waals surface area contributed by atoms with Crippen LogP contribution in [0, 0.1) is 11.8 Å². The van der Waals surface area contributed by atoms with Crippen molar-refractivity contribution in [2.75, 3.05) is 20.3 Å². The lowest BCUT2D eigenvalue weighted by molar-refractivity contribution is 0.185. The Kier molecular flexibility index (Phi) is 5.83. The van der Waals surface area contributed by atoms with Crippen molar-refractivity contribution in [2.45, 2.75) is 32.4 Å². The molecule has 0 bridgehead atoms. The van der Waals surface area contributed by atoms with Gasteiger partial charge in [-0.3, -0.25) is 0 Å². The van der Waals surface area contributed by atoms with Gasteiger partial charge in [0.05, 0.1) is 6.61 Å². The number of hydrogen-bond acceptors (Lipinski definition) is 3. The number of rotatable bonds is 7. The normalized spacial score (nSPS) is 22.8. The molecule has 0 radical (unpaired) electrons. The van der Waals surface area contributed by atoms with Gasteiger partial charge >= 0.3 is 0 Å². The van der Waals surface area contributed by atoms with Crippen LogP contribution in [-0.4, -0.2) is 25.4 Å². The number of aliphatic hydroxyl groups is 1. The summed E-state index contributed by atoms with van der Waals surface area (Å²) in [7, 11) is 1.72. The van der Waals surface area contributed by atoms with Crippen LogP contribution in [0.1, 0.15) is 30.4 Å². The standard InChI is InChI=1S/C16H25NO2/c1-19-12-14-7-5-13(6-8-14)9-17-10-15-3-2-4-16(15)11-18/h5-8,15-18H,2-4,9-12H2,1H3. The molecule has 3 nitrogen and oxygen atoms in total. The zero-order valence-corrected chi connectivity index (χ0v) is 11.8. The molecule has 19 heavy (non-hydrogen) atoms. The number of ether oxygens (including phenoxy) is 1. The van der Waals surface area contributed by atoms with E-state index in [4.69, 9.17) is 4.74 Å². The Morgan fingerprint density at radius 3 is 2.53 bits per heavy atom. The van der Waals surface area contributed by atoms with Gasteiger partial charge in [0.2, 0.25) is 0 Å². The molecule has 2 unspecified atom stereocenters. The highest BCUT2D eigenvalue weighted by atomic mass is 16.5. The van der Waals surface area contributed by atoms with Gasteiger partial charge in [-0.1, -0.05) is 30.7 Å². The highest BCUT2D eigenvalue weighted by Gasteiger charge is 2.25. The van der Waals surface area contributed by atoms with Gasteiger partial charge < -0.3 is 15.2 Å². The summed E-state index contributed by atoms with van der Waals surface area (Å²) in [6.45, 7) is 2.94. The monoisotopic (exact) mass is 263 g/mol. The lowest BCUT2D eigenvalue weighted by atomic mass is 9.97. The molecular formula is C16H25NO2. The molecule has 1 aromatic rings. The lowest BCUT2D eigenvalue weighted by Gasteiger charge is -2.17. The minimum Gasteiger partial charge on any atom is -0.396 e. The van der Waals surface area contributed by atoms with Crippen LogP contribution < -0.4 is 5.32 Å². The summed E-state index contributed by atoms with van der Waals surface area (Å²) in [6, 6.07) is 8.54. The van der Waals surface area contributed by atoms with Gasteiger partial charge in [-0.2, -0.15) is 0 Å². The molecule has 1 saturated carbocycles. The molecule has 1 aromatic carbocycles. The Bertz CT molecular complexity index is 364. The molecule has 1 aliphatic carbocycles. The first kappa shape index (κ1) is 14.5. The fourth-order valence-electron chi connectivity index (χ4n) is 2.94. The quantitative estimate of drug-likeness (QED) is 0.793. The SMILES string of the molecule is COCc1ccc(CNCC2CCCC2CO)cc1. The second-order valence-corrected chi connectivity index (χ2v) is 5.51. The summed E-state index contributed by atoms with van der Waals surface area (Å²) < 4.78 is 5.10. The van der Waals surface area contributed by atoms with E-state index in [-0.39, 0.29) is 0 Å². The summed E-state index contributed by atoms with van der Waals surface area (Å²) in [5.41, 5.74) is 2.51. The lowest BCUT2D eigenvalue weighted by Crippen LogP contribution is -2.26. The average Bonchev–Trinajstić information content (AvgIpc) is 2.88. The van der Waals surface area contributed by atoms with E-state index in [1.165, 1.54) is 30.4 Å². The summed E-state index contributed by atoms with van der Waals surface area (Å²) >= 11 is 0. The maximum atomic E-state index is 9.29. The molecule has 2 atom stereocenters. The van der Waals surface area contributed by atoms with Crippen LogP contribution in [-0.2, 0) is 17.9 Å². The van der Waals surface area contributed by atoms with Gasteiger partial charge in [0.15, 0.2) is 0 Å². The Labute approximate surface area is 116 Å². The average molecular weight is 263 g/mol. The van der Waals surface area contributed by atoms with Crippen molar-refractivity contribution in [3.05, 3.63) is 35.4 Å². The van der Waals surface area contributed by atoms with Crippen LogP contribution in [0.4, 0.5) is 0 Å². The summed E-state index contributed by atoms with van der Waals surface area (Å²) in [6.07, 6.45) is 3.71. The first-order valence-electron chi connectivity index (χ1n) is 7.22. The van der Waals surface area contributed by atoms with Gasteiger partial charge in [0.25, 0.3) is 0 Å². The Hall–Kier alpha value is -0.900. The topological polar surface area (TPSA) is 41.5 Å². The molecule has 0 saturated heterocycles. The van der Waals surface area contributed by atoms with Crippen molar-refractivity contribution in [1.82, 2.24) is 5.32 Å². The van der Waals surface area contributed by atoms with E-state index >= 15 is 0 Å². The predicted molar refractivity (Wildman–Crippen MR) is 76.8 cm³/mol. The minimum absolute atomic E-state index is 0.345. The van der Waals surface area contributed by atoms with Crippen LogP contribution in [0.15, 0.2) is 24.3 Å². The Balaban J connectivity index is 1.73. The van der Waals surface area contributed by atoms with E-state index in [2.05, 4.69) is 29.6 Å². The van der Waals surface area contributed by atoms with Crippen molar-refractivity contribution in [3.8, 4) is 0 Å². The van der Waals surface area contributed by atoms with Gasteiger partial charge in [0, 0.05) is 20.3 Å². The van der Waals surface area contributed by atoms with Crippen molar-refractivity contribution in [1.29, 1.82) is 0 Å². The number of benzene rings is 1. The third-order valence-electron chi connectivity index (χ3n) is 4.12. The Morgan fingerprint density at radius 1 is 1.16 bits per heavy atom. The molecule has 2 rings (SSSR count). The molecule has 0 heterocycles. The van der Waals surface area contributed by atoms with Crippen LogP contribution in [0.5, 0.6) is 0 Å². The number of hydrogen-bond donors (Lipinski definition) is 2. The van der Waals surface area contributed by atoms with Gasteiger partial charge in [0.1, 0.15) is 0 Å². The first-order chi connectivity index (χ1) is 9.33. The molecular weight excluding hydrogens is 238 g/mol. The molecule has 0 aliphatic heterocycles. The molecule has 0 spiro atoms. The van der Waals surface area contributed by atoms with Crippen LogP contribution in [0.2, 0.25) is 0 Å². The van der Waals surface area contributed by atoms with Crippen LogP contribution >= 0.6 is 0 Å². The number of nitrogens with one attached hydrogen (secondary N) is 1. The van der Waals surface area contributed by atoms with E-state index in [1.807, 2.05) is 0 Å². The number of aliphatic hydroxyl groups excluding tert-OH is 1. The molecule has 106 valence electrons. The highest BCUT2D eigenvalue weighted by molar-refractivity contribution is 5.21. The second-order valence-electron chi connectivity index (χ2n) is 5.51. The molecule has 0 amide bonds. The maximum absolute atomic E-state index is 9.29. The van der Waals surface area contributed by atoms with Gasteiger partial charge in [-0.05, 0) is 42.3 Å². The predicted octanol–water partition coefficient (Wildman–Crippen LogP) is 2.33.